The largest absolute Gasteiger partial charge is 0.331 e. The van der Waals surface area contributed by atoms with Gasteiger partial charge in [-0.3, -0.25) is 14.0 Å². The summed E-state index contributed by atoms with van der Waals surface area (Å²) in [6.45, 7) is 4.24. The highest BCUT2D eigenvalue weighted by atomic mass is 127. The first-order valence-electron chi connectivity index (χ1n) is 5.90. The van der Waals surface area contributed by atoms with Gasteiger partial charge < -0.3 is 4.57 Å². The number of aryl methyl sites for hydroxylation is 1. The van der Waals surface area contributed by atoms with Crippen LogP contribution in [0.3, 0.4) is 0 Å². The lowest BCUT2D eigenvalue weighted by Gasteiger charge is -2.07. The fraction of sp³-hybridized carbons (Fsp3) is 0.417. The molecule has 2 aromatic heterocycles. The van der Waals surface area contributed by atoms with Crippen molar-refractivity contribution in [3.05, 3.63) is 48.6 Å². The van der Waals surface area contributed by atoms with Crippen LogP contribution in [0.4, 0.5) is 0 Å². The molecule has 6 nitrogen and oxygen atoms in total. The lowest BCUT2D eigenvalue weighted by atomic mass is 10.4. The van der Waals surface area contributed by atoms with Crippen LogP contribution in [0.5, 0.6) is 0 Å². The fourth-order valence-corrected chi connectivity index (χ4v) is 2.45. The Balaban J connectivity index is 2.43. The summed E-state index contributed by atoms with van der Waals surface area (Å²) in [6, 6.07) is 2.08. The van der Waals surface area contributed by atoms with Crippen LogP contribution in [-0.4, -0.2) is 18.9 Å². The molecule has 0 amide bonds. The van der Waals surface area contributed by atoms with Crippen molar-refractivity contribution in [2.24, 2.45) is 7.05 Å². The summed E-state index contributed by atoms with van der Waals surface area (Å²) in [4.78, 5) is 24.0. The summed E-state index contributed by atoms with van der Waals surface area (Å²) < 4.78 is 4.93. The first kappa shape index (κ1) is 14.0. The molecule has 2 aromatic rings. The monoisotopic (exact) mass is 374 g/mol. The number of hydrogen-bond acceptors (Lipinski definition) is 3. The molecule has 2 heterocycles. The van der Waals surface area contributed by atoms with E-state index in [1.165, 1.54) is 15.3 Å². The summed E-state index contributed by atoms with van der Waals surface area (Å²) in [5.74, 6) is 0. The van der Waals surface area contributed by atoms with E-state index in [1.807, 2.05) is 48.7 Å². The average molecular weight is 374 g/mol. The second kappa shape index (κ2) is 5.32. The van der Waals surface area contributed by atoms with Crippen LogP contribution in [-0.2, 0) is 13.6 Å². The van der Waals surface area contributed by atoms with Gasteiger partial charge in [0, 0.05) is 25.5 Å². The zero-order valence-corrected chi connectivity index (χ0v) is 13.2. The number of hydrogen-bond donors (Lipinski definition) is 0. The van der Waals surface area contributed by atoms with E-state index in [2.05, 4.69) is 5.10 Å². The Labute approximate surface area is 123 Å². The normalized spacial score (nSPS) is 11.2. The minimum atomic E-state index is -0.329. The second-order valence-corrected chi connectivity index (χ2v) is 5.80. The molecule has 0 saturated heterocycles. The first-order valence-corrected chi connectivity index (χ1v) is 6.98. The van der Waals surface area contributed by atoms with Gasteiger partial charge in [0.25, 0.3) is 5.56 Å². The van der Waals surface area contributed by atoms with Crippen molar-refractivity contribution >= 4 is 22.6 Å². The highest BCUT2D eigenvalue weighted by Crippen LogP contribution is 2.04. The molecule has 0 aliphatic heterocycles. The molecule has 102 valence electrons. The maximum atomic E-state index is 12.0. The lowest BCUT2D eigenvalue weighted by molar-refractivity contribution is 0.519. The Bertz CT molecular complexity index is 677. The van der Waals surface area contributed by atoms with Crippen LogP contribution >= 0.6 is 22.6 Å². The van der Waals surface area contributed by atoms with Gasteiger partial charge in [-0.2, -0.15) is 5.10 Å². The Hall–Kier alpha value is -1.38. The fourth-order valence-electron chi connectivity index (χ4n) is 1.74. The third-order valence-electron chi connectivity index (χ3n) is 2.80. The van der Waals surface area contributed by atoms with Crippen LogP contribution < -0.4 is 11.2 Å². The molecule has 0 N–H and O–H groups in total. The third kappa shape index (κ3) is 2.80. The Morgan fingerprint density at radius 3 is 2.63 bits per heavy atom. The predicted molar refractivity (Wildman–Crippen MR) is 80.4 cm³/mol. The molecule has 0 aliphatic carbocycles. The lowest BCUT2D eigenvalue weighted by Crippen LogP contribution is -2.40. The maximum absolute atomic E-state index is 12.0. The maximum Gasteiger partial charge on any atom is 0.331 e. The van der Waals surface area contributed by atoms with Gasteiger partial charge in [0.1, 0.15) is 0 Å². The summed E-state index contributed by atoms with van der Waals surface area (Å²) >= 11 is 1.93. The van der Waals surface area contributed by atoms with Crippen molar-refractivity contribution in [3.63, 3.8) is 0 Å². The molecular weight excluding hydrogens is 359 g/mol. The molecule has 19 heavy (non-hydrogen) atoms. The molecule has 0 spiro atoms. The van der Waals surface area contributed by atoms with Crippen LogP contribution in [0.2, 0.25) is 0 Å². The van der Waals surface area contributed by atoms with Crippen molar-refractivity contribution in [2.45, 2.75) is 26.4 Å². The Kier molecular flexibility index (Phi) is 3.93. The zero-order valence-electron chi connectivity index (χ0n) is 11.0. The minimum Gasteiger partial charge on any atom is -0.302 e. The second-order valence-electron chi connectivity index (χ2n) is 4.64. The quantitative estimate of drug-likeness (QED) is 0.753. The number of aromatic nitrogens is 4. The van der Waals surface area contributed by atoms with E-state index < -0.39 is 0 Å². The van der Waals surface area contributed by atoms with Gasteiger partial charge in [-0.05, 0) is 42.5 Å². The molecule has 0 unspecified atom stereocenters. The highest BCUT2D eigenvalue weighted by Gasteiger charge is 2.10. The summed E-state index contributed by atoms with van der Waals surface area (Å²) in [5.41, 5.74) is 0.0993. The molecule has 0 fully saturated rings. The van der Waals surface area contributed by atoms with Crippen molar-refractivity contribution in [1.29, 1.82) is 0 Å². The number of rotatable bonds is 3. The SMILES string of the molecule is CC(C)n1ccc(Cn2c(=O)c(I)cn(C)c2=O)n1. The smallest absolute Gasteiger partial charge is 0.302 e. The molecule has 0 atom stereocenters. The summed E-state index contributed by atoms with van der Waals surface area (Å²) in [6.07, 6.45) is 3.39. The predicted octanol–water partition coefficient (Wildman–Crippen LogP) is 0.977. The van der Waals surface area contributed by atoms with Gasteiger partial charge in [0.15, 0.2) is 0 Å². The molecule has 7 heteroatoms. The van der Waals surface area contributed by atoms with Crippen LogP contribution in [0.1, 0.15) is 25.6 Å². The molecule has 0 aromatic carbocycles. The van der Waals surface area contributed by atoms with E-state index >= 15 is 0 Å². The summed E-state index contributed by atoms with van der Waals surface area (Å²) in [5, 5.41) is 4.35. The minimum absolute atomic E-state index is 0.196. The van der Waals surface area contributed by atoms with E-state index in [0.29, 0.717) is 9.26 Å². The number of nitrogens with zero attached hydrogens (tertiary/aromatic N) is 4. The Morgan fingerprint density at radius 2 is 2.05 bits per heavy atom. The standard InChI is InChI=1S/C12H15IN4O2/c1-8(2)17-5-4-9(14-17)6-16-11(18)10(13)7-15(3)12(16)19/h4-5,7-8H,6H2,1-3H3. The topological polar surface area (TPSA) is 61.8 Å². The van der Waals surface area contributed by atoms with Gasteiger partial charge in [0.2, 0.25) is 0 Å². The summed E-state index contributed by atoms with van der Waals surface area (Å²) in [7, 11) is 1.63. The van der Waals surface area contributed by atoms with Gasteiger partial charge in [0.05, 0.1) is 15.8 Å². The Morgan fingerprint density at radius 1 is 1.37 bits per heavy atom. The first-order chi connectivity index (χ1) is 8.90. The van der Waals surface area contributed by atoms with Crippen LogP contribution in [0.25, 0.3) is 0 Å². The molecule has 0 bridgehead atoms. The van der Waals surface area contributed by atoms with Crippen LogP contribution in [0, 0.1) is 3.57 Å². The molecule has 0 saturated carbocycles. The molecule has 2 rings (SSSR count). The van der Waals surface area contributed by atoms with Gasteiger partial charge in [-0.1, -0.05) is 0 Å². The van der Waals surface area contributed by atoms with E-state index in [1.54, 1.807) is 11.7 Å². The van der Waals surface area contributed by atoms with Crippen LogP contribution in [0.15, 0.2) is 28.0 Å². The van der Waals surface area contributed by atoms with Crippen molar-refractivity contribution in [1.82, 2.24) is 18.9 Å². The van der Waals surface area contributed by atoms with E-state index in [-0.39, 0.29) is 23.8 Å². The van der Waals surface area contributed by atoms with E-state index in [9.17, 15) is 9.59 Å². The highest BCUT2D eigenvalue weighted by molar-refractivity contribution is 14.1. The van der Waals surface area contributed by atoms with Crippen molar-refractivity contribution in [3.8, 4) is 0 Å². The number of halogens is 1. The average Bonchev–Trinajstić information content (AvgIpc) is 2.81. The van der Waals surface area contributed by atoms with Gasteiger partial charge in [-0.25, -0.2) is 4.79 Å². The molecular formula is C12H15IN4O2. The van der Waals surface area contributed by atoms with Crippen molar-refractivity contribution in [2.75, 3.05) is 0 Å². The van der Waals surface area contributed by atoms with Gasteiger partial charge >= 0.3 is 5.69 Å². The third-order valence-corrected chi connectivity index (χ3v) is 3.54. The van der Waals surface area contributed by atoms with Crippen molar-refractivity contribution < 1.29 is 0 Å². The van der Waals surface area contributed by atoms with E-state index in [4.69, 9.17) is 0 Å². The molecule has 0 radical (unpaired) electrons. The zero-order chi connectivity index (χ0) is 14.2. The van der Waals surface area contributed by atoms with Gasteiger partial charge in [-0.15, -0.1) is 0 Å². The molecule has 0 aliphatic rings. The van der Waals surface area contributed by atoms with E-state index in [0.717, 1.165) is 0 Å².